The number of carbonyl (C=O) groups excluding carboxylic acids is 1. The Morgan fingerprint density at radius 3 is 2.35 bits per heavy atom. The van der Waals surface area contributed by atoms with Gasteiger partial charge in [0.25, 0.3) is 0 Å². The van der Waals surface area contributed by atoms with Crippen LogP contribution in [0.4, 0.5) is 0 Å². The monoisotopic (exact) mass is 234 g/mol. The lowest BCUT2D eigenvalue weighted by Gasteiger charge is -2.31. The van der Waals surface area contributed by atoms with Crippen molar-refractivity contribution in [2.75, 3.05) is 0 Å². The number of allylic oxidation sites excluding steroid dienone is 2. The summed E-state index contributed by atoms with van der Waals surface area (Å²) in [6, 6.07) is 0. The molecule has 0 aromatic rings. The fraction of sp³-hybridized carbons (Fsp3) is 0.714. The predicted octanol–water partition coefficient (Wildman–Crippen LogP) is 2.12. The molecule has 0 saturated heterocycles. The maximum atomic E-state index is 12.4. The number of Topliss-reactive ketones (excluding diaryl/α,β-unsaturated/α-hetero) is 1. The summed E-state index contributed by atoms with van der Waals surface area (Å²) in [5, 5.41) is 9.37. The molecular formula is C14H18O3. The van der Waals surface area contributed by atoms with Gasteiger partial charge in [0.15, 0.2) is 0 Å². The third-order valence-electron chi connectivity index (χ3n) is 4.87. The summed E-state index contributed by atoms with van der Waals surface area (Å²) in [7, 11) is 0. The van der Waals surface area contributed by atoms with Crippen LogP contribution in [0, 0.1) is 34.5 Å². The summed E-state index contributed by atoms with van der Waals surface area (Å²) in [4.78, 5) is 23.9. The van der Waals surface area contributed by atoms with Crippen molar-refractivity contribution in [2.45, 2.75) is 27.2 Å². The van der Waals surface area contributed by atoms with Crippen molar-refractivity contribution in [3.8, 4) is 0 Å². The summed E-state index contributed by atoms with van der Waals surface area (Å²) in [6.45, 7) is 5.66. The van der Waals surface area contributed by atoms with Gasteiger partial charge in [-0.15, -0.1) is 0 Å². The van der Waals surface area contributed by atoms with E-state index < -0.39 is 17.3 Å². The molecule has 0 aliphatic heterocycles. The highest BCUT2D eigenvalue weighted by Crippen LogP contribution is 2.76. The number of hydrogen-bond donors (Lipinski definition) is 1. The van der Waals surface area contributed by atoms with Gasteiger partial charge in [0, 0.05) is 17.3 Å². The van der Waals surface area contributed by atoms with Gasteiger partial charge < -0.3 is 5.11 Å². The van der Waals surface area contributed by atoms with Gasteiger partial charge in [0.05, 0.1) is 5.92 Å². The van der Waals surface area contributed by atoms with E-state index in [1.165, 1.54) is 0 Å². The van der Waals surface area contributed by atoms with E-state index in [0.717, 1.165) is 6.42 Å². The van der Waals surface area contributed by atoms with Crippen molar-refractivity contribution in [3.05, 3.63) is 12.2 Å². The van der Waals surface area contributed by atoms with Gasteiger partial charge in [0.1, 0.15) is 5.78 Å². The number of hydrogen-bond acceptors (Lipinski definition) is 2. The lowest BCUT2D eigenvalue weighted by molar-refractivity contribution is -0.149. The highest BCUT2D eigenvalue weighted by Gasteiger charge is 2.75. The lowest BCUT2D eigenvalue weighted by atomic mass is 9.71. The molecule has 1 N–H and O–H groups in total. The van der Waals surface area contributed by atoms with Gasteiger partial charge in [-0.2, -0.15) is 0 Å². The standard InChI is InChI=1S/C14H18O3/c1-13(2,3)11(15)9-8-6-14(8)5-4-7(14)10(9)12(16)17/h4-5,7-10H,6H2,1-3H3,(H,16,17). The number of carbonyl (C=O) groups is 2. The molecule has 2 saturated carbocycles. The summed E-state index contributed by atoms with van der Waals surface area (Å²) >= 11 is 0. The zero-order chi connectivity index (χ0) is 12.6. The summed E-state index contributed by atoms with van der Waals surface area (Å²) in [5.41, 5.74) is -0.347. The smallest absolute Gasteiger partial charge is 0.307 e. The molecule has 3 aliphatic rings. The van der Waals surface area contributed by atoms with Crippen molar-refractivity contribution in [1.29, 1.82) is 0 Å². The maximum Gasteiger partial charge on any atom is 0.307 e. The first kappa shape index (κ1) is 11.0. The molecule has 5 atom stereocenters. The largest absolute Gasteiger partial charge is 0.481 e. The van der Waals surface area contributed by atoms with E-state index in [9.17, 15) is 14.7 Å². The Bertz CT molecular complexity index is 443. The average molecular weight is 234 g/mol. The zero-order valence-electron chi connectivity index (χ0n) is 10.4. The molecule has 92 valence electrons. The van der Waals surface area contributed by atoms with Crippen LogP contribution in [0.5, 0.6) is 0 Å². The van der Waals surface area contributed by atoms with Crippen LogP contribution in [0.3, 0.4) is 0 Å². The SMILES string of the molecule is CC(C)(C)C(=O)C1C(C(=O)O)C2C=CC23CC13. The highest BCUT2D eigenvalue weighted by molar-refractivity contribution is 5.92. The minimum absolute atomic E-state index is 0.0919. The first-order valence-electron chi connectivity index (χ1n) is 6.25. The van der Waals surface area contributed by atoms with Crippen LogP contribution in [0.25, 0.3) is 0 Å². The zero-order valence-corrected chi connectivity index (χ0v) is 10.4. The van der Waals surface area contributed by atoms with Crippen LogP contribution < -0.4 is 0 Å². The van der Waals surface area contributed by atoms with E-state index in [0.29, 0.717) is 5.92 Å². The van der Waals surface area contributed by atoms with Crippen LogP contribution in [0.1, 0.15) is 27.2 Å². The molecule has 0 amide bonds. The van der Waals surface area contributed by atoms with Crippen molar-refractivity contribution >= 4 is 11.8 Å². The number of rotatable bonds is 2. The van der Waals surface area contributed by atoms with Crippen molar-refractivity contribution in [3.63, 3.8) is 0 Å². The van der Waals surface area contributed by atoms with Gasteiger partial charge in [-0.3, -0.25) is 9.59 Å². The van der Waals surface area contributed by atoms with Crippen LogP contribution in [-0.2, 0) is 9.59 Å². The molecule has 3 rings (SSSR count). The Morgan fingerprint density at radius 2 is 1.94 bits per heavy atom. The molecule has 3 aliphatic carbocycles. The van der Waals surface area contributed by atoms with Gasteiger partial charge in [-0.25, -0.2) is 0 Å². The second kappa shape index (κ2) is 2.82. The van der Waals surface area contributed by atoms with Gasteiger partial charge >= 0.3 is 5.97 Å². The molecule has 0 heterocycles. The average Bonchev–Trinajstić information content (AvgIpc) is 2.86. The molecule has 0 radical (unpaired) electrons. The first-order chi connectivity index (χ1) is 7.79. The molecule has 1 spiro atoms. The second-order valence-electron chi connectivity index (χ2n) is 6.81. The van der Waals surface area contributed by atoms with Crippen LogP contribution in [0.15, 0.2) is 12.2 Å². The minimum Gasteiger partial charge on any atom is -0.481 e. The number of carboxylic acids is 1. The van der Waals surface area contributed by atoms with Crippen molar-refractivity contribution in [2.24, 2.45) is 34.5 Å². The summed E-state index contributed by atoms with van der Waals surface area (Å²) < 4.78 is 0. The van der Waals surface area contributed by atoms with Crippen LogP contribution in [0.2, 0.25) is 0 Å². The van der Waals surface area contributed by atoms with E-state index in [1.807, 2.05) is 26.8 Å². The van der Waals surface area contributed by atoms with Gasteiger partial charge in [-0.05, 0) is 17.8 Å². The normalized spacial score (nSPS) is 45.8. The van der Waals surface area contributed by atoms with E-state index in [-0.39, 0.29) is 23.0 Å². The lowest BCUT2D eigenvalue weighted by Crippen LogP contribution is -2.38. The van der Waals surface area contributed by atoms with Gasteiger partial charge in [0.2, 0.25) is 0 Å². The molecule has 3 heteroatoms. The van der Waals surface area contributed by atoms with Crippen LogP contribution in [-0.4, -0.2) is 16.9 Å². The van der Waals surface area contributed by atoms with E-state index in [2.05, 4.69) is 6.08 Å². The summed E-state index contributed by atoms with van der Waals surface area (Å²) in [6.07, 6.45) is 5.15. The van der Waals surface area contributed by atoms with Crippen molar-refractivity contribution < 1.29 is 14.7 Å². The topological polar surface area (TPSA) is 54.4 Å². The Balaban J connectivity index is 1.95. The molecule has 5 unspecified atom stereocenters. The predicted molar refractivity (Wildman–Crippen MR) is 62.2 cm³/mol. The molecule has 0 aromatic carbocycles. The summed E-state index contributed by atoms with van der Waals surface area (Å²) in [5.74, 6) is -1.01. The van der Waals surface area contributed by atoms with E-state index >= 15 is 0 Å². The number of ketones is 1. The Kier molecular flexibility index (Phi) is 1.82. The quantitative estimate of drug-likeness (QED) is 0.745. The number of aliphatic carboxylic acids is 1. The molecule has 0 bridgehead atoms. The van der Waals surface area contributed by atoms with Crippen molar-refractivity contribution in [1.82, 2.24) is 0 Å². The first-order valence-corrected chi connectivity index (χ1v) is 6.25. The highest BCUT2D eigenvalue weighted by atomic mass is 16.4. The Hall–Kier alpha value is -1.12. The molecule has 0 aromatic heterocycles. The third kappa shape index (κ3) is 1.17. The number of carboxylic acid groups (broad SMARTS) is 1. The van der Waals surface area contributed by atoms with Crippen LogP contribution >= 0.6 is 0 Å². The molecule has 2 fully saturated rings. The molecular weight excluding hydrogens is 216 g/mol. The van der Waals surface area contributed by atoms with E-state index in [1.54, 1.807) is 0 Å². The fourth-order valence-electron chi connectivity index (χ4n) is 3.89. The van der Waals surface area contributed by atoms with Gasteiger partial charge in [-0.1, -0.05) is 32.9 Å². The Labute approximate surface area is 101 Å². The molecule has 3 nitrogen and oxygen atoms in total. The third-order valence-corrected chi connectivity index (χ3v) is 4.87. The Morgan fingerprint density at radius 1 is 1.29 bits per heavy atom. The second-order valence-corrected chi connectivity index (χ2v) is 6.81. The fourth-order valence-corrected chi connectivity index (χ4v) is 3.89. The van der Waals surface area contributed by atoms with E-state index in [4.69, 9.17) is 0 Å². The molecule has 17 heavy (non-hydrogen) atoms. The maximum absolute atomic E-state index is 12.4. The minimum atomic E-state index is -0.798.